The molecule has 1 unspecified atom stereocenters. The van der Waals surface area contributed by atoms with Crippen molar-refractivity contribution >= 4 is 16.1 Å². The number of likely N-dealkylation sites (N-methyl/N-ethyl adjacent to an activating group) is 1. The van der Waals surface area contributed by atoms with Gasteiger partial charge in [-0.3, -0.25) is 4.79 Å². The second kappa shape index (κ2) is 4.88. The van der Waals surface area contributed by atoms with Gasteiger partial charge in [0.1, 0.15) is 6.10 Å². The van der Waals surface area contributed by atoms with Gasteiger partial charge in [0.15, 0.2) is 0 Å². The number of nitrogens with zero attached hydrogens (tertiary/aromatic N) is 1. The molecule has 0 bridgehead atoms. The summed E-state index contributed by atoms with van der Waals surface area (Å²) in [5, 5.41) is 7.52. The third kappa shape index (κ3) is 3.42. The number of rotatable bonds is 3. The lowest BCUT2D eigenvalue weighted by Gasteiger charge is -2.29. The fraction of sp³-hybridized carbons (Fsp3) is 0.857. The Morgan fingerprint density at radius 1 is 1.67 bits per heavy atom. The molecule has 0 spiro atoms. The highest BCUT2D eigenvalue weighted by molar-refractivity contribution is 7.86. The van der Waals surface area contributed by atoms with Crippen LogP contribution >= 0.6 is 0 Å². The van der Waals surface area contributed by atoms with Crippen LogP contribution in [0.4, 0.5) is 0 Å². The molecule has 1 atom stereocenters. The van der Waals surface area contributed by atoms with E-state index in [-0.39, 0.29) is 25.6 Å². The number of nitrogens with one attached hydrogen (secondary N) is 1. The number of hydrogen-bond donors (Lipinski definition) is 2. The van der Waals surface area contributed by atoms with Gasteiger partial charge in [-0.2, -0.15) is 12.7 Å². The first-order chi connectivity index (χ1) is 6.95. The molecule has 0 radical (unpaired) electrons. The molecule has 0 aromatic rings. The maximum atomic E-state index is 11.4. The Morgan fingerprint density at radius 2 is 2.33 bits per heavy atom. The summed E-state index contributed by atoms with van der Waals surface area (Å²) in [5.74, 6) is -0.314. The van der Waals surface area contributed by atoms with Gasteiger partial charge in [0.05, 0.1) is 13.2 Å². The maximum Gasteiger partial charge on any atom is 0.277 e. The Labute approximate surface area is 88.7 Å². The zero-order valence-electron chi connectivity index (χ0n) is 8.47. The number of nitrogens with two attached hydrogens (primary N) is 1. The molecule has 7 nitrogen and oxygen atoms in total. The fourth-order valence-electron chi connectivity index (χ4n) is 1.30. The van der Waals surface area contributed by atoms with Crippen molar-refractivity contribution in [2.45, 2.75) is 13.0 Å². The SMILES string of the molecule is CCNC(=O)C1CN(S(N)(=O)=O)CCO1. The molecule has 0 aromatic heterocycles. The Balaban J connectivity index is 2.60. The van der Waals surface area contributed by atoms with E-state index in [0.29, 0.717) is 6.54 Å². The summed E-state index contributed by atoms with van der Waals surface area (Å²) < 4.78 is 28.2. The number of morpholine rings is 1. The van der Waals surface area contributed by atoms with Crippen molar-refractivity contribution in [2.24, 2.45) is 5.14 Å². The van der Waals surface area contributed by atoms with Gasteiger partial charge >= 0.3 is 0 Å². The average molecular weight is 237 g/mol. The van der Waals surface area contributed by atoms with Crippen molar-refractivity contribution in [1.82, 2.24) is 9.62 Å². The van der Waals surface area contributed by atoms with E-state index in [1.54, 1.807) is 6.92 Å². The van der Waals surface area contributed by atoms with Crippen molar-refractivity contribution in [3.63, 3.8) is 0 Å². The first-order valence-electron chi connectivity index (χ1n) is 4.62. The number of amides is 1. The molecule has 1 saturated heterocycles. The smallest absolute Gasteiger partial charge is 0.277 e. The van der Waals surface area contributed by atoms with Crippen LogP contribution in [0.15, 0.2) is 0 Å². The molecular formula is C7H15N3O4S. The molecule has 0 aromatic carbocycles. The molecule has 15 heavy (non-hydrogen) atoms. The van der Waals surface area contributed by atoms with Gasteiger partial charge in [0.2, 0.25) is 0 Å². The van der Waals surface area contributed by atoms with Crippen molar-refractivity contribution < 1.29 is 17.9 Å². The molecule has 0 saturated carbocycles. The third-order valence-electron chi connectivity index (χ3n) is 2.03. The van der Waals surface area contributed by atoms with Crippen LogP contribution in [0.1, 0.15) is 6.92 Å². The molecule has 1 heterocycles. The first-order valence-corrected chi connectivity index (χ1v) is 6.12. The second-order valence-corrected chi connectivity index (χ2v) is 4.70. The van der Waals surface area contributed by atoms with E-state index in [2.05, 4.69) is 5.32 Å². The lowest BCUT2D eigenvalue weighted by Crippen LogP contribution is -2.53. The van der Waals surface area contributed by atoms with Gasteiger partial charge in [0.25, 0.3) is 16.1 Å². The van der Waals surface area contributed by atoms with Crippen LogP contribution < -0.4 is 10.5 Å². The Kier molecular flexibility index (Phi) is 4.03. The standard InChI is InChI=1S/C7H15N3O4S/c1-2-9-7(11)6-5-10(3-4-14-6)15(8,12)13/h6H,2-5H2,1H3,(H,9,11)(H2,8,12,13). The lowest BCUT2D eigenvalue weighted by atomic mass is 10.3. The highest BCUT2D eigenvalue weighted by Gasteiger charge is 2.30. The minimum atomic E-state index is -3.73. The van der Waals surface area contributed by atoms with Gasteiger partial charge < -0.3 is 10.1 Å². The largest absolute Gasteiger partial charge is 0.366 e. The summed E-state index contributed by atoms with van der Waals surface area (Å²) in [4.78, 5) is 11.4. The molecular weight excluding hydrogens is 222 g/mol. The predicted molar refractivity (Wildman–Crippen MR) is 53.1 cm³/mol. The highest BCUT2D eigenvalue weighted by atomic mass is 32.2. The zero-order chi connectivity index (χ0) is 11.5. The van der Waals surface area contributed by atoms with E-state index in [4.69, 9.17) is 9.88 Å². The predicted octanol–water partition coefficient (Wildman–Crippen LogP) is -1.97. The summed E-state index contributed by atoms with van der Waals surface area (Å²) in [6, 6.07) is 0. The molecule has 1 rings (SSSR count). The van der Waals surface area contributed by atoms with Crippen LogP contribution in [0.25, 0.3) is 0 Å². The van der Waals surface area contributed by atoms with Crippen molar-refractivity contribution in [1.29, 1.82) is 0 Å². The van der Waals surface area contributed by atoms with Gasteiger partial charge in [-0.05, 0) is 6.92 Å². The second-order valence-electron chi connectivity index (χ2n) is 3.16. The molecule has 1 aliphatic heterocycles. The fourth-order valence-corrected chi connectivity index (χ4v) is 1.98. The van der Waals surface area contributed by atoms with Crippen LogP contribution in [0, 0.1) is 0 Å². The minimum Gasteiger partial charge on any atom is -0.366 e. The van der Waals surface area contributed by atoms with E-state index >= 15 is 0 Å². The monoisotopic (exact) mass is 237 g/mol. The summed E-state index contributed by atoms with van der Waals surface area (Å²) in [6.07, 6.45) is -0.767. The lowest BCUT2D eigenvalue weighted by molar-refractivity contribution is -0.136. The summed E-state index contributed by atoms with van der Waals surface area (Å²) in [6.45, 7) is 2.60. The topological polar surface area (TPSA) is 102 Å². The Hall–Kier alpha value is -0.700. The molecule has 3 N–H and O–H groups in total. The van der Waals surface area contributed by atoms with Gasteiger partial charge in [-0.25, -0.2) is 5.14 Å². The Bertz CT molecular complexity index is 329. The maximum absolute atomic E-state index is 11.4. The molecule has 1 aliphatic rings. The van der Waals surface area contributed by atoms with Crippen LogP contribution in [0.2, 0.25) is 0 Å². The summed E-state index contributed by atoms with van der Waals surface area (Å²) >= 11 is 0. The first kappa shape index (κ1) is 12.4. The van der Waals surface area contributed by atoms with Gasteiger partial charge in [-0.1, -0.05) is 0 Å². The highest BCUT2D eigenvalue weighted by Crippen LogP contribution is 2.07. The number of hydrogen-bond acceptors (Lipinski definition) is 4. The van der Waals surface area contributed by atoms with Crippen molar-refractivity contribution in [3.05, 3.63) is 0 Å². The quantitative estimate of drug-likeness (QED) is 0.594. The molecule has 8 heteroatoms. The van der Waals surface area contributed by atoms with Crippen molar-refractivity contribution in [2.75, 3.05) is 26.2 Å². The van der Waals surface area contributed by atoms with E-state index in [0.717, 1.165) is 4.31 Å². The third-order valence-corrected chi connectivity index (χ3v) is 3.08. The minimum absolute atomic E-state index is 0.0231. The normalized spacial score (nSPS) is 23.7. The van der Waals surface area contributed by atoms with Crippen LogP contribution in [0.5, 0.6) is 0 Å². The number of carbonyl (C=O) groups is 1. The molecule has 1 fully saturated rings. The number of carbonyl (C=O) groups excluding carboxylic acids is 1. The summed E-state index contributed by atoms with van der Waals surface area (Å²) in [5.41, 5.74) is 0. The van der Waals surface area contributed by atoms with E-state index in [1.807, 2.05) is 0 Å². The van der Waals surface area contributed by atoms with Crippen molar-refractivity contribution in [3.8, 4) is 0 Å². The van der Waals surface area contributed by atoms with E-state index < -0.39 is 16.3 Å². The molecule has 88 valence electrons. The van der Waals surface area contributed by atoms with E-state index in [9.17, 15) is 13.2 Å². The zero-order valence-corrected chi connectivity index (χ0v) is 9.29. The molecule has 0 aliphatic carbocycles. The van der Waals surface area contributed by atoms with Crippen LogP contribution in [-0.4, -0.2) is 51.0 Å². The number of ether oxygens (including phenoxy) is 1. The van der Waals surface area contributed by atoms with Crippen LogP contribution in [-0.2, 0) is 19.7 Å². The molecule has 1 amide bonds. The van der Waals surface area contributed by atoms with E-state index in [1.165, 1.54) is 0 Å². The van der Waals surface area contributed by atoms with Crippen LogP contribution in [0.3, 0.4) is 0 Å². The summed E-state index contributed by atoms with van der Waals surface area (Å²) in [7, 11) is -3.73. The average Bonchev–Trinajstić information content (AvgIpc) is 2.17. The van der Waals surface area contributed by atoms with Gasteiger partial charge in [-0.15, -0.1) is 0 Å². The van der Waals surface area contributed by atoms with Gasteiger partial charge in [0, 0.05) is 13.1 Å². The Morgan fingerprint density at radius 3 is 2.87 bits per heavy atom.